The fourth-order valence-electron chi connectivity index (χ4n) is 1.25. The molecule has 0 saturated carbocycles. The van der Waals surface area contributed by atoms with Crippen LogP contribution in [0.3, 0.4) is 0 Å². The first-order valence-electron chi connectivity index (χ1n) is 4.72. The van der Waals surface area contributed by atoms with Crippen molar-refractivity contribution in [1.82, 2.24) is 0 Å². The van der Waals surface area contributed by atoms with Crippen molar-refractivity contribution in [3.8, 4) is 0 Å². The Balaban J connectivity index is 2.43. The Kier molecular flexibility index (Phi) is 4.56. The van der Waals surface area contributed by atoms with E-state index < -0.39 is 6.10 Å². The van der Waals surface area contributed by atoms with Crippen LogP contribution < -0.4 is 0 Å². The Hall–Kier alpha value is -0.930. The van der Waals surface area contributed by atoms with Gasteiger partial charge in [0.2, 0.25) is 0 Å². The fourth-order valence-corrected chi connectivity index (χ4v) is 1.25. The zero-order valence-electron chi connectivity index (χ0n) is 8.24. The second-order valence-electron chi connectivity index (χ2n) is 3.15. The largest absolute Gasteiger partial charge is 0.390 e. The summed E-state index contributed by atoms with van der Waals surface area (Å²) in [6.45, 7) is 2.75. The lowest BCUT2D eigenvalue weighted by atomic mass is 10.1. The van der Waals surface area contributed by atoms with E-state index in [9.17, 15) is 9.50 Å². The van der Waals surface area contributed by atoms with Crippen LogP contribution in [-0.2, 0) is 11.2 Å². The van der Waals surface area contributed by atoms with Crippen molar-refractivity contribution in [1.29, 1.82) is 0 Å². The summed E-state index contributed by atoms with van der Waals surface area (Å²) in [5, 5.41) is 9.48. The minimum Gasteiger partial charge on any atom is -0.390 e. The average molecular weight is 198 g/mol. The standard InChI is InChI=1S/C11H15FO2/c1-2-14-8-11(13)7-9-4-3-5-10(12)6-9/h3-6,11,13H,2,7-8H2,1H3. The molecule has 3 heteroatoms. The number of rotatable bonds is 5. The molecule has 0 aliphatic rings. The molecular formula is C11H15FO2. The molecule has 0 amide bonds. The highest BCUT2D eigenvalue weighted by Gasteiger charge is 2.05. The van der Waals surface area contributed by atoms with Crippen molar-refractivity contribution in [2.75, 3.05) is 13.2 Å². The lowest BCUT2D eigenvalue weighted by Crippen LogP contribution is -2.18. The van der Waals surface area contributed by atoms with Gasteiger partial charge in [-0.2, -0.15) is 0 Å². The third-order valence-electron chi connectivity index (χ3n) is 1.87. The molecule has 14 heavy (non-hydrogen) atoms. The maximum Gasteiger partial charge on any atom is 0.123 e. The van der Waals surface area contributed by atoms with Crippen LogP contribution in [0.5, 0.6) is 0 Å². The Labute approximate surface area is 83.3 Å². The van der Waals surface area contributed by atoms with E-state index in [1.54, 1.807) is 12.1 Å². The summed E-state index contributed by atoms with van der Waals surface area (Å²) in [6.07, 6.45) is -0.130. The zero-order chi connectivity index (χ0) is 10.4. The van der Waals surface area contributed by atoms with Gasteiger partial charge in [0.1, 0.15) is 5.82 Å². The lowest BCUT2D eigenvalue weighted by molar-refractivity contribution is 0.0430. The molecule has 0 aromatic heterocycles. The van der Waals surface area contributed by atoms with Crippen molar-refractivity contribution in [2.24, 2.45) is 0 Å². The van der Waals surface area contributed by atoms with Crippen LogP contribution in [0, 0.1) is 5.82 Å². The van der Waals surface area contributed by atoms with Crippen molar-refractivity contribution in [2.45, 2.75) is 19.4 Å². The van der Waals surface area contributed by atoms with Gasteiger partial charge in [0.25, 0.3) is 0 Å². The fraction of sp³-hybridized carbons (Fsp3) is 0.455. The van der Waals surface area contributed by atoms with E-state index in [1.165, 1.54) is 12.1 Å². The average Bonchev–Trinajstić information content (AvgIpc) is 2.15. The number of aliphatic hydroxyl groups excluding tert-OH is 1. The van der Waals surface area contributed by atoms with Crippen LogP contribution >= 0.6 is 0 Å². The molecule has 0 bridgehead atoms. The number of hydrogen-bond donors (Lipinski definition) is 1. The molecule has 0 fully saturated rings. The molecule has 0 radical (unpaired) electrons. The summed E-state index contributed by atoms with van der Waals surface area (Å²) in [5.41, 5.74) is 0.789. The summed E-state index contributed by atoms with van der Waals surface area (Å²) in [7, 11) is 0. The minimum absolute atomic E-state index is 0.272. The normalized spacial score (nSPS) is 12.8. The SMILES string of the molecule is CCOCC(O)Cc1cccc(F)c1. The molecule has 0 spiro atoms. The molecule has 1 unspecified atom stereocenters. The number of benzene rings is 1. The maximum atomic E-state index is 12.8. The predicted molar refractivity (Wildman–Crippen MR) is 52.6 cm³/mol. The van der Waals surface area contributed by atoms with Crippen molar-refractivity contribution in [3.63, 3.8) is 0 Å². The molecule has 78 valence electrons. The molecule has 1 atom stereocenters. The molecule has 1 aromatic carbocycles. The van der Waals surface area contributed by atoms with Crippen molar-refractivity contribution >= 4 is 0 Å². The summed E-state index contributed by atoms with van der Waals surface area (Å²) >= 11 is 0. The van der Waals surface area contributed by atoms with Crippen molar-refractivity contribution < 1.29 is 14.2 Å². The minimum atomic E-state index is -0.559. The van der Waals surface area contributed by atoms with E-state index in [4.69, 9.17) is 4.74 Å². The van der Waals surface area contributed by atoms with Gasteiger partial charge in [0, 0.05) is 13.0 Å². The molecule has 0 heterocycles. The molecule has 0 aliphatic carbocycles. The molecule has 0 aliphatic heterocycles. The third kappa shape index (κ3) is 3.85. The van der Waals surface area contributed by atoms with Gasteiger partial charge in [-0.3, -0.25) is 0 Å². The number of halogens is 1. The monoisotopic (exact) mass is 198 g/mol. The van der Waals surface area contributed by atoms with Crippen LogP contribution in [0.1, 0.15) is 12.5 Å². The van der Waals surface area contributed by atoms with Gasteiger partial charge in [0.05, 0.1) is 12.7 Å². The molecule has 1 rings (SSSR count). The molecule has 1 aromatic rings. The van der Waals surface area contributed by atoms with Gasteiger partial charge in [-0.15, -0.1) is 0 Å². The van der Waals surface area contributed by atoms with Crippen LogP contribution in [-0.4, -0.2) is 24.4 Å². The smallest absolute Gasteiger partial charge is 0.123 e. The second-order valence-corrected chi connectivity index (χ2v) is 3.15. The number of aliphatic hydroxyl groups is 1. The van der Waals surface area contributed by atoms with Crippen LogP contribution in [0.25, 0.3) is 0 Å². The van der Waals surface area contributed by atoms with Crippen LogP contribution in [0.2, 0.25) is 0 Å². The summed E-state index contributed by atoms with van der Waals surface area (Å²) in [6, 6.07) is 6.24. The van der Waals surface area contributed by atoms with Gasteiger partial charge in [-0.05, 0) is 24.6 Å². The number of hydrogen-bond acceptors (Lipinski definition) is 2. The Morgan fingerprint density at radius 2 is 2.29 bits per heavy atom. The molecule has 0 saturated heterocycles. The summed E-state index contributed by atoms with van der Waals surface area (Å²) in [5.74, 6) is -0.272. The van der Waals surface area contributed by atoms with Gasteiger partial charge in [-0.25, -0.2) is 4.39 Å². The topological polar surface area (TPSA) is 29.5 Å². The lowest BCUT2D eigenvalue weighted by Gasteiger charge is -2.10. The summed E-state index contributed by atoms with van der Waals surface area (Å²) < 4.78 is 17.8. The predicted octanol–water partition coefficient (Wildman–Crippen LogP) is 1.77. The zero-order valence-corrected chi connectivity index (χ0v) is 8.24. The van der Waals surface area contributed by atoms with E-state index in [2.05, 4.69) is 0 Å². The van der Waals surface area contributed by atoms with Gasteiger partial charge < -0.3 is 9.84 Å². The second kappa shape index (κ2) is 5.73. The highest BCUT2D eigenvalue weighted by Crippen LogP contribution is 2.06. The van der Waals surface area contributed by atoms with E-state index in [1.807, 2.05) is 6.92 Å². The van der Waals surface area contributed by atoms with Gasteiger partial charge in [0.15, 0.2) is 0 Å². The van der Waals surface area contributed by atoms with Crippen LogP contribution in [0.4, 0.5) is 4.39 Å². The van der Waals surface area contributed by atoms with E-state index >= 15 is 0 Å². The molecular weight excluding hydrogens is 183 g/mol. The van der Waals surface area contributed by atoms with Crippen molar-refractivity contribution in [3.05, 3.63) is 35.6 Å². The maximum absolute atomic E-state index is 12.8. The number of ether oxygens (including phenoxy) is 1. The summed E-state index contributed by atoms with van der Waals surface area (Å²) in [4.78, 5) is 0. The van der Waals surface area contributed by atoms with E-state index in [0.29, 0.717) is 19.6 Å². The molecule has 2 nitrogen and oxygen atoms in total. The Morgan fingerprint density at radius 3 is 2.93 bits per heavy atom. The quantitative estimate of drug-likeness (QED) is 0.781. The molecule has 1 N–H and O–H groups in total. The third-order valence-corrected chi connectivity index (χ3v) is 1.87. The first kappa shape index (κ1) is 11.1. The van der Waals surface area contributed by atoms with Gasteiger partial charge >= 0.3 is 0 Å². The highest BCUT2D eigenvalue weighted by atomic mass is 19.1. The first-order chi connectivity index (χ1) is 6.72. The Morgan fingerprint density at radius 1 is 1.50 bits per heavy atom. The first-order valence-corrected chi connectivity index (χ1v) is 4.72. The highest BCUT2D eigenvalue weighted by molar-refractivity contribution is 5.16. The van der Waals surface area contributed by atoms with Crippen LogP contribution in [0.15, 0.2) is 24.3 Å². The van der Waals surface area contributed by atoms with E-state index in [0.717, 1.165) is 5.56 Å². The van der Waals surface area contributed by atoms with E-state index in [-0.39, 0.29) is 5.82 Å². The van der Waals surface area contributed by atoms with Gasteiger partial charge in [-0.1, -0.05) is 12.1 Å². The Bertz CT molecular complexity index is 276.